The van der Waals surface area contributed by atoms with Crippen LogP contribution in [0.25, 0.3) is 21.7 Å². The molecule has 3 heterocycles. The minimum atomic E-state index is -2.07. The van der Waals surface area contributed by atoms with E-state index >= 15 is 24.0 Å². The van der Waals surface area contributed by atoms with E-state index in [-0.39, 0.29) is 107 Å². The van der Waals surface area contributed by atoms with E-state index in [1.807, 2.05) is 0 Å². The molecular formula is C92H129N29O22S2. The monoisotopic (exact) mass is 2060 g/mol. The Labute approximate surface area is 843 Å². The Morgan fingerprint density at radius 2 is 0.917 bits per heavy atom. The summed E-state index contributed by atoms with van der Waals surface area (Å²) in [4.78, 5) is 270. The van der Waals surface area contributed by atoms with E-state index in [0.717, 1.165) is 11.8 Å². The van der Waals surface area contributed by atoms with Crippen LogP contribution in [-0.4, -0.2) is 313 Å². The molecule has 0 aliphatic carbocycles. The van der Waals surface area contributed by atoms with Crippen molar-refractivity contribution in [2.24, 2.45) is 28.7 Å². The number of nitrogens with two attached hydrogens (primary N) is 5. The SMILES string of the molecule is CC(=O)N[C@H](CCCCN)C(=O)N[C@@H](CS)C(=O)N[C@@H](CCCNC(=N)N)C(=O)N[C@@H](CC(=O)O)C(=O)N[C@@H](Cc1c[nH]c2ccccc12)C(=O)N[C@@H](CCC(N)=O)C(=O)N[C@@H](CS)C(=O)N[C@@H](Cc1ccc(O)cc1)C(=O)N[C@@H](Cc1cccc2ccccc12)C(=O)N[C@@H](Cc1cnc[nH]1)C(=O)N[C@H](C(=O)N[C@@H](Cc1cnc[nH]1)C(=O)N(C)CC(=O)NCCOCCC(=O)N[C@H](CCCNC(=N)N)C(N)=O)[C@@H](C)O. The van der Waals surface area contributed by atoms with Crippen molar-refractivity contribution in [3.05, 3.63) is 150 Å². The van der Waals surface area contributed by atoms with Gasteiger partial charge >= 0.3 is 5.97 Å². The summed E-state index contributed by atoms with van der Waals surface area (Å²) in [5, 5.41) is 89.5. The maximum absolute atomic E-state index is 15.5. The van der Waals surface area contributed by atoms with Crippen LogP contribution in [0.5, 0.6) is 5.75 Å². The van der Waals surface area contributed by atoms with Crippen LogP contribution < -0.4 is 114 Å². The molecule has 0 saturated heterocycles. The van der Waals surface area contributed by atoms with E-state index < -0.39 is 248 Å². The van der Waals surface area contributed by atoms with Gasteiger partial charge in [-0.25, -0.2) is 9.97 Å². The van der Waals surface area contributed by atoms with Crippen molar-refractivity contribution in [1.82, 2.24) is 115 Å². The minimum Gasteiger partial charge on any atom is -0.508 e. The summed E-state index contributed by atoms with van der Waals surface area (Å²) in [5.74, 6) is -20.0. The second kappa shape index (κ2) is 60.0. The second-order valence-electron chi connectivity index (χ2n) is 34.1. The summed E-state index contributed by atoms with van der Waals surface area (Å²) >= 11 is 8.66. The summed E-state index contributed by atoms with van der Waals surface area (Å²) in [6, 6.07) is 2.87. The van der Waals surface area contributed by atoms with Crippen LogP contribution >= 0.6 is 25.3 Å². The third-order valence-electron chi connectivity index (χ3n) is 22.6. The number of aliphatic hydroxyl groups excluding tert-OH is 1. The molecule has 0 bridgehead atoms. The quantitative estimate of drug-likeness (QED) is 0.00729. The van der Waals surface area contributed by atoms with Gasteiger partial charge in [0.05, 0.1) is 44.9 Å². The van der Waals surface area contributed by atoms with Gasteiger partial charge in [-0.05, 0) is 110 Å². The van der Waals surface area contributed by atoms with Gasteiger partial charge in [-0.15, -0.1) is 0 Å². The number of carboxylic acid groups (broad SMARTS) is 1. The highest BCUT2D eigenvalue weighted by Crippen LogP contribution is 2.24. The van der Waals surface area contributed by atoms with Gasteiger partial charge in [0.25, 0.3) is 0 Å². The topological polar surface area (TPSA) is 824 Å². The Bertz CT molecular complexity index is 5600. The largest absolute Gasteiger partial charge is 0.508 e. The lowest BCUT2D eigenvalue weighted by Gasteiger charge is -2.29. The van der Waals surface area contributed by atoms with Crippen molar-refractivity contribution < 1.29 is 106 Å². The van der Waals surface area contributed by atoms with Crippen LogP contribution in [0.15, 0.2) is 122 Å². The lowest BCUT2D eigenvalue weighted by Crippen LogP contribution is -2.62. The van der Waals surface area contributed by atoms with Crippen molar-refractivity contribution in [1.29, 1.82) is 10.8 Å². The number of ether oxygens (including phenoxy) is 1. The van der Waals surface area contributed by atoms with E-state index in [4.69, 9.17) is 44.2 Å². The van der Waals surface area contributed by atoms with Crippen molar-refractivity contribution in [2.75, 3.05) is 64.5 Å². The molecule has 7 aromatic rings. The molecule has 4 aromatic carbocycles. The number of hydrogen-bond acceptors (Lipinski definition) is 28. The zero-order valence-corrected chi connectivity index (χ0v) is 81.8. The smallest absolute Gasteiger partial charge is 0.305 e. The number of likely N-dealkylation sites (N-methyl/N-ethyl adjacent to an activating group) is 1. The number of benzene rings is 4. The van der Waals surface area contributed by atoms with Gasteiger partial charge in [0.15, 0.2) is 11.9 Å². The fourth-order valence-corrected chi connectivity index (χ4v) is 15.6. The molecule has 14 atom stereocenters. The maximum atomic E-state index is 15.5. The summed E-state index contributed by atoms with van der Waals surface area (Å²) in [7, 11) is 1.27. The van der Waals surface area contributed by atoms with Crippen molar-refractivity contribution in [3.8, 4) is 5.75 Å². The number of aromatic amines is 3. The highest BCUT2D eigenvalue weighted by atomic mass is 32.1. The number of carbonyl (C=O) groups is 18. The molecule has 0 fully saturated rings. The number of guanidine groups is 2. The minimum absolute atomic E-state index is 0.0112. The number of unbranched alkanes of at least 4 members (excludes halogenated alkanes) is 1. The molecule has 53 heteroatoms. The van der Waals surface area contributed by atoms with E-state index in [1.165, 1.54) is 69.5 Å². The first-order valence-electron chi connectivity index (χ1n) is 46.4. The highest BCUT2D eigenvalue weighted by molar-refractivity contribution is 7.80. The zero-order chi connectivity index (χ0) is 106. The van der Waals surface area contributed by atoms with Crippen molar-refractivity contribution in [2.45, 2.75) is 201 Å². The van der Waals surface area contributed by atoms with Gasteiger partial charge in [0.2, 0.25) is 100 Å². The van der Waals surface area contributed by atoms with E-state index in [1.54, 1.807) is 66.7 Å². The molecule has 0 spiro atoms. The fourth-order valence-electron chi connectivity index (χ4n) is 15.1. The van der Waals surface area contributed by atoms with Crippen molar-refractivity contribution in [3.63, 3.8) is 0 Å². The van der Waals surface area contributed by atoms with E-state index in [0.29, 0.717) is 63.3 Å². The number of nitrogens with one attached hydrogen (secondary N) is 21. The molecule has 0 aliphatic heterocycles. The van der Waals surface area contributed by atoms with E-state index in [2.05, 4.69) is 135 Å². The molecule has 145 heavy (non-hydrogen) atoms. The van der Waals surface area contributed by atoms with Gasteiger partial charge in [-0.1, -0.05) is 72.8 Å². The Morgan fingerprint density at radius 1 is 0.455 bits per heavy atom. The number of amides is 17. The first-order valence-corrected chi connectivity index (χ1v) is 47.7. The Kier molecular flexibility index (Phi) is 48.2. The van der Waals surface area contributed by atoms with Crippen molar-refractivity contribution >= 4 is 165 Å². The number of para-hydroxylation sites is 1. The highest BCUT2D eigenvalue weighted by Gasteiger charge is 2.40. The molecule has 7 rings (SSSR count). The number of carbonyl (C=O) groups excluding carboxylic acids is 17. The lowest BCUT2D eigenvalue weighted by atomic mass is 9.97. The number of hydrogen-bond donors (Lipinski definition) is 31. The van der Waals surface area contributed by atoms with Crippen LogP contribution in [0.3, 0.4) is 0 Å². The number of aromatic nitrogens is 5. The molecular weight excluding hydrogens is 1930 g/mol. The summed E-state index contributed by atoms with van der Waals surface area (Å²) in [6.07, 6.45) is 1.80. The molecule has 51 nitrogen and oxygen atoms in total. The number of aliphatic hydroxyl groups is 1. The molecule has 0 unspecified atom stereocenters. The number of nitrogens with zero attached hydrogens (tertiary/aromatic N) is 3. The predicted octanol–water partition coefficient (Wildman–Crippen LogP) is -6.59. The summed E-state index contributed by atoms with van der Waals surface area (Å²) in [6.45, 7) is 1.97. The van der Waals surface area contributed by atoms with E-state index in [9.17, 15) is 77.6 Å². The molecule has 0 aliphatic rings. The van der Waals surface area contributed by atoms with Gasteiger partial charge < -0.3 is 154 Å². The number of phenolic OH excluding ortho intramolecular Hbond substituents is 1. The lowest BCUT2D eigenvalue weighted by molar-refractivity contribution is -0.141. The number of aromatic hydroxyl groups is 1. The third kappa shape index (κ3) is 40.1. The number of rotatable bonds is 64. The number of primary amides is 2. The van der Waals surface area contributed by atoms with Crippen LogP contribution in [0, 0.1) is 10.8 Å². The Balaban J connectivity index is 1.12. The average molecular weight is 2060 g/mol. The number of carboxylic acids is 1. The molecule has 786 valence electrons. The zero-order valence-electron chi connectivity index (χ0n) is 80.0. The van der Waals surface area contributed by atoms with Crippen LogP contribution in [0.2, 0.25) is 0 Å². The second-order valence-corrected chi connectivity index (χ2v) is 34.8. The molecule has 0 saturated carbocycles. The number of phenols is 1. The number of thiol groups is 2. The van der Waals surface area contributed by atoms with Crippen LogP contribution in [0.1, 0.15) is 113 Å². The summed E-state index contributed by atoms with van der Waals surface area (Å²) in [5.41, 5.74) is 29.7. The third-order valence-corrected chi connectivity index (χ3v) is 23.4. The first-order chi connectivity index (χ1) is 69.1. The van der Waals surface area contributed by atoms with Crippen LogP contribution in [-0.2, 0) is 123 Å². The number of imidazole rings is 2. The molecule has 0 radical (unpaired) electrons. The van der Waals surface area contributed by atoms with Gasteiger partial charge in [0.1, 0.15) is 84.3 Å². The van der Waals surface area contributed by atoms with Gasteiger partial charge in [-0.3, -0.25) is 97.1 Å². The Hall–Kier alpha value is -15.5. The Morgan fingerprint density at radius 3 is 1.45 bits per heavy atom. The van der Waals surface area contributed by atoms with Crippen LogP contribution in [0.4, 0.5) is 0 Å². The summed E-state index contributed by atoms with van der Waals surface area (Å²) < 4.78 is 5.50. The number of fused-ring (bicyclic) bond motifs is 2. The molecule has 17 amide bonds. The maximum Gasteiger partial charge on any atom is 0.305 e. The first kappa shape index (κ1) is 116. The molecule has 34 N–H and O–H groups in total. The predicted molar refractivity (Wildman–Crippen MR) is 533 cm³/mol. The standard InChI is InChI=1S/C92H129N29O22S2/c1-49(122)77(89(141)117-70(39-56-43-101-48-107-56)90(142)121(3)44-75(127)102-32-34-143-33-28-74(126)109-61(78(95)130)20-11-30-103-91(96)97)120-86(138)68(38-55-42-100-47-106-55)115-84(136)66(36-53-15-10-14-52-13-4-5-16-58(52)53)113-82(134)65(35-51-22-24-57(124)25-23-51)112-88(140)72(46-145)119-81(133)64(26-27-73(94)125)111-83(135)67(37-54-41-105-60-18-7-6-17-59(54)60)114-85(137)69(40-76(128)129)116-80(132)63(21-12-31-104-92(98)99)110-87(139)71(45-144)118-79(131)62(108-50(2)123)19-8-9-29-93/h4-7,10,13-18,22-25,41-43,47-49,61-72,77,105,122,124,144-145H,8-9,11-12,19-21,26-40,44-46,93H2,1-3H3,(H2,94,125)(H2,95,130)(H,100,106)(H,101,107)(H,102,127)(H,108,123)(H,109,126)(H,110,139)(H,111,135)(H,112,140)(H,113,134)(H,114,137)(H,115,136)(H,116,132)(H,117,141)(H,118,131)(H,119,133)(H,120,138)(H,128,129)(H4,96,97,103)(H4,98,99,104)/t49-,61-,62-,63+,64+,65+,66+,67+,68+,69+,70+,71+,72+,77+/m1/s1. The van der Waals surface area contributed by atoms with Gasteiger partial charge in [0, 0.05) is 131 Å². The number of H-pyrrole nitrogens is 3. The number of aliphatic carboxylic acids is 1. The normalized spacial score (nSPS) is 14.0. The fraction of sp³-hybridized carbons (Fsp3) is 0.457. The average Bonchev–Trinajstić information content (AvgIpc) is 1.80. The van der Waals surface area contributed by atoms with Gasteiger partial charge in [-0.2, -0.15) is 25.3 Å². The molecule has 3 aromatic heterocycles.